The van der Waals surface area contributed by atoms with E-state index in [-0.39, 0.29) is 22.6 Å². The lowest BCUT2D eigenvalue weighted by Crippen LogP contribution is -2.37. The van der Waals surface area contributed by atoms with Crippen molar-refractivity contribution in [2.75, 3.05) is 13.2 Å². The van der Waals surface area contributed by atoms with Gasteiger partial charge in [0.05, 0.1) is 12.0 Å². The molecule has 4 aromatic rings. The van der Waals surface area contributed by atoms with Gasteiger partial charge in [0.2, 0.25) is 0 Å². The number of carbonyl (C=O) groups excluding carboxylic acids is 1. The molecule has 31 heavy (non-hydrogen) atoms. The summed E-state index contributed by atoms with van der Waals surface area (Å²) in [6, 6.07) is 12.6. The second kappa shape index (κ2) is 8.39. The minimum Gasteiger partial charge on any atom is -0.491 e. The van der Waals surface area contributed by atoms with E-state index < -0.39 is 11.2 Å². The molecule has 0 saturated heterocycles. The van der Waals surface area contributed by atoms with Crippen molar-refractivity contribution in [2.45, 2.75) is 6.42 Å². The van der Waals surface area contributed by atoms with E-state index in [4.69, 9.17) is 4.74 Å². The highest BCUT2D eigenvalue weighted by molar-refractivity contribution is 5.94. The first-order valence-electron chi connectivity index (χ1n) is 9.79. The van der Waals surface area contributed by atoms with Gasteiger partial charge in [0.15, 0.2) is 0 Å². The number of amides is 1. The quantitative estimate of drug-likeness (QED) is 0.473. The Kier molecular flexibility index (Phi) is 5.48. The zero-order valence-electron chi connectivity index (χ0n) is 17.2. The number of hydrogen-bond donors (Lipinski definition) is 1. The van der Waals surface area contributed by atoms with Gasteiger partial charge in [-0.05, 0) is 30.7 Å². The van der Waals surface area contributed by atoms with E-state index in [0.717, 1.165) is 15.5 Å². The summed E-state index contributed by atoms with van der Waals surface area (Å²) in [4.78, 5) is 45.3. The molecule has 0 saturated carbocycles. The average molecular weight is 419 g/mol. The number of nitrogens with one attached hydrogen (secondary N) is 1. The van der Waals surface area contributed by atoms with Crippen molar-refractivity contribution in [1.29, 1.82) is 0 Å². The van der Waals surface area contributed by atoms with Crippen LogP contribution in [-0.4, -0.2) is 38.2 Å². The number of nitrogens with zero attached hydrogens (tertiary/aromatic N) is 4. The van der Waals surface area contributed by atoms with Crippen LogP contribution in [0.4, 0.5) is 0 Å². The van der Waals surface area contributed by atoms with Gasteiger partial charge < -0.3 is 10.1 Å². The van der Waals surface area contributed by atoms with Crippen molar-refractivity contribution in [1.82, 2.24) is 24.4 Å². The average Bonchev–Trinajstić information content (AvgIpc) is 2.80. The Balaban J connectivity index is 1.38. The number of pyridine rings is 2. The van der Waals surface area contributed by atoms with Gasteiger partial charge in [-0.25, -0.2) is 9.78 Å². The predicted molar refractivity (Wildman–Crippen MR) is 116 cm³/mol. The molecule has 3 heterocycles. The van der Waals surface area contributed by atoms with Crippen LogP contribution >= 0.6 is 0 Å². The van der Waals surface area contributed by atoms with Gasteiger partial charge in [-0.3, -0.25) is 23.7 Å². The Bertz CT molecular complexity index is 1400. The summed E-state index contributed by atoms with van der Waals surface area (Å²) in [7, 11) is 2.92. The van der Waals surface area contributed by atoms with Crippen molar-refractivity contribution < 1.29 is 9.53 Å². The van der Waals surface area contributed by atoms with Crippen molar-refractivity contribution in [3.8, 4) is 5.75 Å². The number of aryl methyl sites for hydroxylation is 1. The lowest BCUT2D eigenvalue weighted by molar-refractivity contribution is 0.0947. The second-order valence-corrected chi connectivity index (χ2v) is 7.06. The van der Waals surface area contributed by atoms with Crippen LogP contribution in [0.5, 0.6) is 5.75 Å². The van der Waals surface area contributed by atoms with Gasteiger partial charge in [0.1, 0.15) is 22.6 Å². The minimum absolute atomic E-state index is 0.134. The fourth-order valence-corrected chi connectivity index (χ4v) is 3.32. The molecule has 0 radical (unpaired) electrons. The normalized spacial score (nSPS) is 11.0. The molecule has 0 aliphatic carbocycles. The first-order valence-corrected chi connectivity index (χ1v) is 9.79. The molecule has 0 aliphatic heterocycles. The number of fused-ring (bicyclic) bond motifs is 2. The van der Waals surface area contributed by atoms with Crippen molar-refractivity contribution in [3.63, 3.8) is 0 Å². The van der Waals surface area contributed by atoms with E-state index in [1.807, 2.05) is 30.3 Å². The van der Waals surface area contributed by atoms with Crippen LogP contribution in [0.25, 0.3) is 21.9 Å². The molecule has 158 valence electrons. The summed E-state index contributed by atoms with van der Waals surface area (Å²) >= 11 is 0. The number of rotatable bonds is 6. The van der Waals surface area contributed by atoms with Crippen LogP contribution in [0, 0.1) is 0 Å². The van der Waals surface area contributed by atoms with Gasteiger partial charge >= 0.3 is 5.69 Å². The van der Waals surface area contributed by atoms with E-state index in [9.17, 15) is 14.4 Å². The zero-order chi connectivity index (χ0) is 22.0. The first kappa shape index (κ1) is 20.3. The van der Waals surface area contributed by atoms with Gasteiger partial charge in [0.25, 0.3) is 11.5 Å². The Morgan fingerprint density at radius 1 is 1.06 bits per heavy atom. The van der Waals surface area contributed by atoms with E-state index >= 15 is 0 Å². The molecule has 0 bridgehead atoms. The first-order chi connectivity index (χ1) is 15.0. The summed E-state index contributed by atoms with van der Waals surface area (Å²) in [6.07, 6.45) is 2.30. The molecule has 0 fully saturated rings. The number of benzene rings is 1. The maximum atomic E-state index is 12.4. The Labute approximate surface area is 176 Å². The molecule has 3 aromatic heterocycles. The fraction of sp³-hybridized carbons (Fsp3) is 0.227. The van der Waals surface area contributed by atoms with Gasteiger partial charge in [-0.2, -0.15) is 0 Å². The highest BCUT2D eigenvalue weighted by Crippen LogP contribution is 2.22. The molecule has 4 rings (SSSR count). The van der Waals surface area contributed by atoms with E-state index in [1.165, 1.54) is 30.8 Å². The Morgan fingerprint density at radius 3 is 2.71 bits per heavy atom. The smallest absolute Gasteiger partial charge is 0.332 e. The molecule has 1 N–H and O–H groups in total. The summed E-state index contributed by atoms with van der Waals surface area (Å²) in [6.45, 7) is 0.790. The third-order valence-corrected chi connectivity index (χ3v) is 4.99. The number of aromatic nitrogens is 4. The molecule has 1 aromatic carbocycles. The van der Waals surface area contributed by atoms with E-state index in [0.29, 0.717) is 25.3 Å². The van der Waals surface area contributed by atoms with Crippen molar-refractivity contribution >= 4 is 27.8 Å². The summed E-state index contributed by atoms with van der Waals surface area (Å²) in [5, 5.41) is 4.06. The highest BCUT2D eigenvalue weighted by atomic mass is 16.5. The summed E-state index contributed by atoms with van der Waals surface area (Å²) < 4.78 is 8.07. The Morgan fingerprint density at radius 2 is 1.87 bits per heavy atom. The van der Waals surface area contributed by atoms with Crippen molar-refractivity contribution in [3.05, 3.63) is 75.2 Å². The van der Waals surface area contributed by atoms with Crippen LogP contribution in [0.1, 0.15) is 16.9 Å². The molecule has 9 nitrogen and oxygen atoms in total. The maximum Gasteiger partial charge on any atom is 0.332 e. The van der Waals surface area contributed by atoms with Crippen LogP contribution in [0.15, 0.2) is 58.3 Å². The second-order valence-electron chi connectivity index (χ2n) is 7.06. The number of ether oxygens (including phenoxy) is 1. The molecule has 0 atom stereocenters. The largest absolute Gasteiger partial charge is 0.491 e. The van der Waals surface area contributed by atoms with Crippen LogP contribution < -0.4 is 21.3 Å². The third-order valence-electron chi connectivity index (χ3n) is 4.99. The van der Waals surface area contributed by atoms with Crippen LogP contribution in [0.2, 0.25) is 0 Å². The topological polar surface area (TPSA) is 108 Å². The standard InChI is InChI=1S/C22H21N5O4/c1-26-19-15(21(29)27(2)22(26)30)9-10-16(25-19)20(28)24-12-5-13-31-17-8-3-6-14-7-4-11-23-18(14)17/h3-4,6-11H,5,12-13H2,1-2H3,(H,24,28). The SMILES string of the molecule is Cn1c(=O)c2ccc(C(=O)NCCCOc3cccc4cccnc34)nc2n(C)c1=O. The third kappa shape index (κ3) is 3.89. The molecule has 1 amide bonds. The van der Waals surface area contributed by atoms with E-state index in [1.54, 1.807) is 6.20 Å². The lowest BCUT2D eigenvalue weighted by Gasteiger charge is -2.10. The molecular weight excluding hydrogens is 398 g/mol. The minimum atomic E-state index is -0.498. The van der Waals surface area contributed by atoms with Gasteiger partial charge in [-0.15, -0.1) is 0 Å². The van der Waals surface area contributed by atoms with Gasteiger partial charge in [-0.1, -0.05) is 18.2 Å². The predicted octanol–water partition coefficient (Wildman–Crippen LogP) is 1.38. The Hall–Kier alpha value is -4.01. The maximum absolute atomic E-state index is 12.4. The molecule has 0 spiro atoms. The number of para-hydroxylation sites is 1. The fourth-order valence-electron chi connectivity index (χ4n) is 3.32. The molecule has 0 aliphatic rings. The molecular formula is C22H21N5O4. The van der Waals surface area contributed by atoms with E-state index in [2.05, 4.69) is 15.3 Å². The molecule has 0 unspecified atom stereocenters. The van der Waals surface area contributed by atoms with Crippen molar-refractivity contribution in [2.24, 2.45) is 14.1 Å². The van der Waals surface area contributed by atoms with Crippen LogP contribution in [-0.2, 0) is 14.1 Å². The number of carbonyl (C=O) groups is 1. The number of hydrogen-bond acceptors (Lipinski definition) is 6. The van der Waals surface area contributed by atoms with Gasteiger partial charge in [0, 0.05) is 32.2 Å². The summed E-state index contributed by atoms with van der Waals surface area (Å²) in [5.41, 5.74) is 0.161. The molecule has 9 heteroatoms. The monoisotopic (exact) mass is 419 g/mol. The van der Waals surface area contributed by atoms with Crippen LogP contribution in [0.3, 0.4) is 0 Å². The lowest BCUT2D eigenvalue weighted by atomic mass is 10.2. The summed E-state index contributed by atoms with van der Waals surface area (Å²) in [5.74, 6) is 0.310. The highest BCUT2D eigenvalue weighted by Gasteiger charge is 2.13. The zero-order valence-corrected chi connectivity index (χ0v) is 17.2.